The molecule has 4 heterocycles. The Hall–Kier alpha value is -4.21. The zero-order chi connectivity index (χ0) is 22.9. The first kappa shape index (κ1) is 20.7. The zero-order valence-corrected chi connectivity index (χ0v) is 18.4. The van der Waals surface area contributed by atoms with Gasteiger partial charge in [0.15, 0.2) is 5.65 Å². The van der Waals surface area contributed by atoms with Crippen molar-refractivity contribution in [2.24, 2.45) is 0 Å². The first-order valence-corrected chi connectivity index (χ1v) is 10.3. The van der Waals surface area contributed by atoms with Crippen LogP contribution >= 0.6 is 0 Å². The van der Waals surface area contributed by atoms with E-state index in [0.29, 0.717) is 28.6 Å². The van der Waals surface area contributed by atoms with Crippen LogP contribution in [-0.2, 0) is 4.74 Å². The number of hydrogen-bond donors (Lipinski definition) is 0. The summed E-state index contributed by atoms with van der Waals surface area (Å²) < 4.78 is 17.1. The van der Waals surface area contributed by atoms with Gasteiger partial charge in [-0.3, -0.25) is 0 Å². The van der Waals surface area contributed by atoms with Crippen LogP contribution in [0.1, 0.15) is 21.8 Å². The van der Waals surface area contributed by atoms with E-state index in [0.717, 1.165) is 24.4 Å². The highest BCUT2D eigenvalue weighted by atomic mass is 16.5. The van der Waals surface area contributed by atoms with Gasteiger partial charge in [-0.15, -0.1) is 0 Å². The number of hydrogen-bond acceptors (Lipinski definition) is 9. The highest BCUT2D eigenvalue weighted by molar-refractivity contribution is 5.89. The van der Waals surface area contributed by atoms with Crippen molar-refractivity contribution in [2.75, 3.05) is 39.3 Å². The van der Waals surface area contributed by atoms with Gasteiger partial charge in [0.2, 0.25) is 5.88 Å². The molecular formula is C23H22N6O4. The number of aromatic nitrogens is 5. The van der Waals surface area contributed by atoms with Crippen LogP contribution in [0.5, 0.6) is 11.9 Å². The molecule has 4 aromatic rings. The molecule has 0 N–H and O–H groups in total. The van der Waals surface area contributed by atoms with E-state index in [2.05, 4.69) is 25.0 Å². The monoisotopic (exact) mass is 446 g/mol. The molecule has 1 aromatic carbocycles. The molecule has 0 atom stereocenters. The smallest absolute Gasteiger partial charge is 0.337 e. The van der Waals surface area contributed by atoms with E-state index in [1.165, 1.54) is 19.8 Å². The van der Waals surface area contributed by atoms with Crippen molar-refractivity contribution in [3.63, 3.8) is 0 Å². The maximum Gasteiger partial charge on any atom is 0.337 e. The summed E-state index contributed by atoms with van der Waals surface area (Å²) in [6.07, 6.45) is 5.17. The molecule has 0 aliphatic carbocycles. The number of anilines is 1. The molecule has 168 valence electrons. The minimum Gasteiger partial charge on any atom is -0.480 e. The van der Waals surface area contributed by atoms with E-state index < -0.39 is 0 Å². The van der Waals surface area contributed by atoms with Crippen molar-refractivity contribution in [1.82, 2.24) is 24.6 Å². The van der Waals surface area contributed by atoms with E-state index in [4.69, 9.17) is 14.2 Å². The van der Waals surface area contributed by atoms with Gasteiger partial charge in [-0.1, -0.05) is 12.1 Å². The maximum atomic E-state index is 11.7. The van der Waals surface area contributed by atoms with Crippen LogP contribution in [0.4, 0.5) is 5.69 Å². The molecule has 0 bridgehead atoms. The molecule has 0 unspecified atom stereocenters. The van der Waals surface area contributed by atoms with E-state index in [1.807, 2.05) is 24.4 Å². The molecular weight excluding hydrogens is 424 g/mol. The topological polar surface area (TPSA) is 104 Å². The number of imidazole rings is 1. The van der Waals surface area contributed by atoms with Gasteiger partial charge in [-0.05, 0) is 23.8 Å². The van der Waals surface area contributed by atoms with Crippen molar-refractivity contribution in [1.29, 1.82) is 0 Å². The lowest BCUT2D eigenvalue weighted by atomic mass is 9.90. The molecule has 3 aromatic heterocycles. The van der Waals surface area contributed by atoms with Crippen LogP contribution in [0.15, 0.2) is 48.9 Å². The molecule has 10 nitrogen and oxygen atoms in total. The molecule has 0 radical (unpaired) electrons. The molecule has 33 heavy (non-hydrogen) atoms. The predicted molar refractivity (Wildman–Crippen MR) is 120 cm³/mol. The van der Waals surface area contributed by atoms with Gasteiger partial charge >= 0.3 is 12.0 Å². The first-order valence-electron chi connectivity index (χ1n) is 10.3. The van der Waals surface area contributed by atoms with E-state index in [-0.39, 0.29) is 12.0 Å². The largest absolute Gasteiger partial charge is 0.480 e. The highest BCUT2D eigenvalue weighted by Gasteiger charge is 2.31. The molecule has 1 aliphatic rings. The van der Waals surface area contributed by atoms with Gasteiger partial charge in [-0.2, -0.15) is 10.1 Å². The third-order valence-electron chi connectivity index (χ3n) is 5.75. The van der Waals surface area contributed by atoms with E-state index >= 15 is 0 Å². The zero-order valence-electron chi connectivity index (χ0n) is 18.4. The van der Waals surface area contributed by atoms with Crippen LogP contribution in [0.2, 0.25) is 0 Å². The summed E-state index contributed by atoms with van der Waals surface area (Å²) >= 11 is 0. The second kappa shape index (κ2) is 8.38. The third kappa shape index (κ3) is 3.69. The van der Waals surface area contributed by atoms with Crippen LogP contribution in [0.3, 0.4) is 0 Å². The van der Waals surface area contributed by atoms with Gasteiger partial charge in [-0.25, -0.2) is 19.3 Å². The third-order valence-corrected chi connectivity index (χ3v) is 5.75. The summed E-state index contributed by atoms with van der Waals surface area (Å²) in [7, 11) is 4.44. The highest BCUT2D eigenvalue weighted by Crippen LogP contribution is 2.36. The summed E-state index contributed by atoms with van der Waals surface area (Å²) in [4.78, 5) is 26.9. The summed E-state index contributed by atoms with van der Waals surface area (Å²) in [5, 5.41) is 4.67. The minimum absolute atomic E-state index is 0.225. The average Bonchev–Trinajstić information content (AvgIpc) is 3.31. The van der Waals surface area contributed by atoms with Crippen molar-refractivity contribution in [2.45, 2.75) is 5.92 Å². The number of benzene rings is 1. The fourth-order valence-corrected chi connectivity index (χ4v) is 3.94. The molecule has 10 heteroatoms. The summed E-state index contributed by atoms with van der Waals surface area (Å²) in [5.74, 6) is 0.398. The van der Waals surface area contributed by atoms with Crippen LogP contribution in [0.25, 0.3) is 16.9 Å². The van der Waals surface area contributed by atoms with Crippen LogP contribution < -0.4 is 14.4 Å². The summed E-state index contributed by atoms with van der Waals surface area (Å²) in [6, 6.07) is 9.78. The molecule has 1 aliphatic heterocycles. The van der Waals surface area contributed by atoms with Gasteiger partial charge in [0.1, 0.15) is 5.69 Å². The minimum atomic E-state index is -0.333. The van der Waals surface area contributed by atoms with Crippen molar-refractivity contribution >= 4 is 17.3 Å². The normalized spacial score (nSPS) is 13.6. The Balaban J connectivity index is 1.43. The molecule has 1 saturated heterocycles. The van der Waals surface area contributed by atoms with Crippen molar-refractivity contribution < 1.29 is 19.0 Å². The number of rotatable bonds is 6. The Labute approximate surface area is 189 Å². The summed E-state index contributed by atoms with van der Waals surface area (Å²) in [5.41, 5.74) is 4.78. The average molecular weight is 446 g/mol. The van der Waals surface area contributed by atoms with Crippen molar-refractivity contribution in [3.05, 3.63) is 60.0 Å². The molecule has 0 saturated carbocycles. The lowest BCUT2D eigenvalue weighted by Crippen LogP contribution is -2.45. The number of nitrogens with zero attached hydrogens (tertiary/aromatic N) is 6. The number of fused-ring (bicyclic) bond motifs is 1. The predicted octanol–water partition coefficient (Wildman–Crippen LogP) is 2.59. The fourth-order valence-electron chi connectivity index (χ4n) is 3.94. The lowest BCUT2D eigenvalue weighted by Gasteiger charge is -2.41. The van der Waals surface area contributed by atoms with Crippen LogP contribution in [0, 0.1) is 0 Å². The number of ether oxygens (including phenoxy) is 3. The Morgan fingerprint density at radius 2 is 1.85 bits per heavy atom. The number of esters is 1. The Kier molecular flexibility index (Phi) is 5.25. The number of methoxy groups -OCH3 is 3. The van der Waals surface area contributed by atoms with Gasteiger partial charge in [0, 0.05) is 37.6 Å². The fraction of sp³-hybridized carbons (Fsp3) is 0.261. The lowest BCUT2D eigenvalue weighted by molar-refractivity contribution is 0.0600. The Bertz CT molecular complexity index is 1310. The Morgan fingerprint density at radius 1 is 1.06 bits per heavy atom. The quantitative estimate of drug-likeness (QED) is 0.413. The molecule has 5 rings (SSSR count). The standard InChI is InChI=1S/C23H22N6O4/c1-31-21-17(11-25-23(26-21)33-3)18-10-19(20-24-8-9-29(20)27-18)28-12-16(13-28)14-4-6-15(7-5-14)22(30)32-2/h4-11,16H,12-13H2,1-3H3. The van der Waals surface area contributed by atoms with E-state index in [9.17, 15) is 4.79 Å². The summed E-state index contributed by atoms with van der Waals surface area (Å²) in [6.45, 7) is 1.64. The second-order valence-electron chi connectivity index (χ2n) is 7.61. The maximum absolute atomic E-state index is 11.7. The molecule has 0 spiro atoms. The van der Waals surface area contributed by atoms with Crippen molar-refractivity contribution in [3.8, 4) is 23.1 Å². The second-order valence-corrected chi connectivity index (χ2v) is 7.61. The number of carbonyl (C=O) groups is 1. The SMILES string of the molecule is COC(=O)c1ccc(C2CN(c3cc(-c4cnc(OC)nc4OC)nn4ccnc34)C2)cc1. The Morgan fingerprint density at radius 3 is 2.55 bits per heavy atom. The van der Waals surface area contributed by atoms with Gasteiger partial charge < -0.3 is 19.1 Å². The van der Waals surface area contributed by atoms with Crippen LogP contribution in [-0.4, -0.2) is 65.0 Å². The first-order chi connectivity index (χ1) is 16.1. The van der Waals surface area contributed by atoms with Gasteiger partial charge in [0.25, 0.3) is 0 Å². The molecule has 0 amide bonds. The van der Waals surface area contributed by atoms with E-state index in [1.54, 1.807) is 36.2 Å². The number of carbonyl (C=O) groups excluding carboxylic acids is 1. The molecule has 1 fully saturated rings. The van der Waals surface area contributed by atoms with Gasteiger partial charge in [0.05, 0.1) is 38.1 Å².